The number of ether oxygens (including phenoxy) is 3. The van der Waals surface area contributed by atoms with Crippen molar-refractivity contribution >= 4 is 41.3 Å². The molecule has 172 valence electrons. The van der Waals surface area contributed by atoms with Gasteiger partial charge >= 0.3 is 11.9 Å². The van der Waals surface area contributed by atoms with Gasteiger partial charge in [-0.25, -0.2) is 4.79 Å². The molecule has 0 aromatic heterocycles. The summed E-state index contributed by atoms with van der Waals surface area (Å²) < 4.78 is 15.2. The lowest BCUT2D eigenvalue weighted by atomic mass is 9.90. The Bertz CT molecular complexity index is 902. The molecule has 32 heavy (non-hydrogen) atoms. The Morgan fingerprint density at radius 1 is 1.22 bits per heavy atom. The molecule has 1 aliphatic rings. The van der Waals surface area contributed by atoms with E-state index in [2.05, 4.69) is 36.4 Å². The van der Waals surface area contributed by atoms with Crippen molar-refractivity contribution in [3.63, 3.8) is 0 Å². The number of rotatable bonds is 11. The van der Waals surface area contributed by atoms with E-state index in [-0.39, 0.29) is 37.6 Å². The van der Waals surface area contributed by atoms with Crippen molar-refractivity contribution in [1.82, 2.24) is 5.32 Å². The number of benzene rings is 1. The third-order valence-electron chi connectivity index (χ3n) is 4.84. The number of hydrogen-bond donors (Lipinski definition) is 3. The largest absolute Gasteiger partial charge is 0.496 e. The van der Waals surface area contributed by atoms with Crippen LogP contribution in [-0.2, 0) is 23.9 Å². The lowest BCUT2D eigenvalue weighted by Crippen LogP contribution is -2.35. The first kappa shape index (κ1) is 25.2. The molecule has 2 rings (SSSR count). The van der Waals surface area contributed by atoms with E-state index in [4.69, 9.17) is 14.2 Å². The molecule has 1 amide bonds. The highest BCUT2D eigenvalue weighted by atomic mass is 32.1. The average molecular weight is 463 g/mol. The first-order valence-corrected chi connectivity index (χ1v) is 10.3. The zero-order valence-corrected chi connectivity index (χ0v) is 18.6. The Hall–Kier alpha value is -3.11. The van der Waals surface area contributed by atoms with E-state index < -0.39 is 34.9 Å². The van der Waals surface area contributed by atoms with E-state index in [0.29, 0.717) is 11.4 Å². The number of thiol groups is 1. The molecule has 0 bridgehead atoms. The van der Waals surface area contributed by atoms with Gasteiger partial charge in [0.25, 0.3) is 0 Å². The van der Waals surface area contributed by atoms with Crippen LogP contribution in [0.3, 0.4) is 0 Å². The predicted molar refractivity (Wildman–Crippen MR) is 121 cm³/mol. The van der Waals surface area contributed by atoms with Crippen LogP contribution in [0.25, 0.3) is 0 Å². The van der Waals surface area contributed by atoms with Crippen LogP contribution in [0.1, 0.15) is 16.8 Å². The van der Waals surface area contributed by atoms with Gasteiger partial charge in [0, 0.05) is 12.2 Å². The van der Waals surface area contributed by atoms with Gasteiger partial charge < -0.3 is 24.8 Å². The van der Waals surface area contributed by atoms with Gasteiger partial charge in [0.05, 0.1) is 13.2 Å². The second-order valence-corrected chi connectivity index (χ2v) is 7.42. The van der Waals surface area contributed by atoms with Gasteiger partial charge in [-0.05, 0) is 30.5 Å². The smallest absolute Gasteiger partial charge is 0.342 e. The van der Waals surface area contributed by atoms with Crippen molar-refractivity contribution in [1.29, 1.82) is 0 Å². The molecule has 0 saturated carbocycles. The molecule has 1 fully saturated rings. The van der Waals surface area contributed by atoms with E-state index in [1.54, 1.807) is 6.07 Å². The lowest BCUT2D eigenvalue weighted by molar-refractivity contribution is -0.151. The molecular weight excluding hydrogens is 436 g/mol. The van der Waals surface area contributed by atoms with Gasteiger partial charge in [0.2, 0.25) is 5.91 Å². The van der Waals surface area contributed by atoms with Gasteiger partial charge in [-0.15, -0.1) is 12.6 Å². The van der Waals surface area contributed by atoms with Crippen LogP contribution in [0.4, 0.5) is 5.69 Å². The van der Waals surface area contributed by atoms with Crippen molar-refractivity contribution in [3.8, 4) is 5.75 Å². The van der Waals surface area contributed by atoms with Crippen molar-refractivity contribution in [3.05, 3.63) is 49.1 Å². The molecule has 1 saturated heterocycles. The number of amides is 1. The summed E-state index contributed by atoms with van der Waals surface area (Å²) in [6, 6.07) is 3.91. The minimum Gasteiger partial charge on any atom is -0.496 e. The summed E-state index contributed by atoms with van der Waals surface area (Å²) in [4.78, 5) is 49.1. The second kappa shape index (κ2) is 12.1. The van der Waals surface area contributed by atoms with Crippen LogP contribution < -0.4 is 15.4 Å². The fourth-order valence-corrected chi connectivity index (χ4v) is 3.65. The number of esters is 2. The Balaban J connectivity index is 2.07. The van der Waals surface area contributed by atoms with Crippen LogP contribution in [0.5, 0.6) is 5.75 Å². The highest BCUT2D eigenvalue weighted by Crippen LogP contribution is 2.28. The second-order valence-electron chi connectivity index (χ2n) is 6.98. The first-order chi connectivity index (χ1) is 15.3. The number of carbonyl (C=O) groups is 4. The maximum Gasteiger partial charge on any atom is 0.342 e. The SMILES string of the molecule is C=CCOC(=O)c1cc(NC(=O)[C@@H]2C[C@@H](C(C(=O)S)C(=O)OCC=C)CN2)ccc1OC. The van der Waals surface area contributed by atoms with Crippen LogP contribution in [0, 0.1) is 11.8 Å². The highest BCUT2D eigenvalue weighted by Gasteiger charge is 2.41. The monoisotopic (exact) mass is 462 g/mol. The molecule has 0 spiro atoms. The van der Waals surface area contributed by atoms with Crippen molar-refractivity contribution in [2.75, 3.05) is 32.2 Å². The molecule has 1 aliphatic heterocycles. The maximum absolute atomic E-state index is 12.7. The summed E-state index contributed by atoms with van der Waals surface area (Å²) in [6.45, 7) is 7.24. The molecular formula is C22H26N2O7S. The minimum absolute atomic E-state index is 0.0184. The normalized spacial score (nSPS) is 18.2. The van der Waals surface area contributed by atoms with E-state index in [0.717, 1.165) is 0 Å². The summed E-state index contributed by atoms with van der Waals surface area (Å²) in [7, 11) is 1.42. The molecule has 3 atom stereocenters. The minimum atomic E-state index is -1.09. The number of hydrogen-bond acceptors (Lipinski definition) is 8. The number of nitrogens with one attached hydrogen (secondary N) is 2. The van der Waals surface area contributed by atoms with Crippen molar-refractivity contribution in [2.24, 2.45) is 11.8 Å². The summed E-state index contributed by atoms with van der Waals surface area (Å²) in [5, 5.41) is 5.11. The quantitative estimate of drug-likeness (QED) is 0.197. The topological polar surface area (TPSA) is 120 Å². The highest BCUT2D eigenvalue weighted by molar-refractivity contribution is 7.96. The van der Waals surface area contributed by atoms with Gasteiger partial charge in [-0.3, -0.25) is 14.4 Å². The van der Waals surface area contributed by atoms with Crippen LogP contribution in [0.15, 0.2) is 43.5 Å². The van der Waals surface area contributed by atoms with Crippen LogP contribution in [0.2, 0.25) is 0 Å². The Labute approximate surface area is 191 Å². The molecule has 1 unspecified atom stereocenters. The summed E-state index contributed by atoms with van der Waals surface area (Å²) in [5.74, 6) is -2.94. The molecule has 10 heteroatoms. The van der Waals surface area contributed by atoms with E-state index in [1.807, 2.05) is 0 Å². The van der Waals surface area contributed by atoms with Crippen molar-refractivity contribution < 1.29 is 33.4 Å². The molecule has 0 aliphatic carbocycles. The van der Waals surface area contributed by atoms with E-state index >= 15 is 0 Å². The zero-order valence-electron chi connectivity index (χ0n) is 17.7. The summed E-state index contributed by atoms with van der Waals surface area (Å²) >= 11 is 3.81. The molecule has 0 radical (unpaired) electrons. The molecule has 1 aromatic carbocycles. The molecule has 1 heterocycles. The van der Waals surface area contributed by atoms with Crippen LogP contribution in [-0.4, -0.2) is 55.9 Å². The Morgan fingerprint density at radius 2 is 1.91 bits per heavy atom. The van der Waals surface area contributed by atoms with E-state index in [1.165, 1.54) is 31.4 Å². The lowest BCUT2D eigenvalue weighted by Gasteiger charge is -2.18. The van der Waals surface area contributed by atoms with Crippen LogP contribution >= 0.6 is 12.6 Å². The average Bonchev–Trinajstić information content (AvgIpc) is 3.25. The summed E-state index contributed by atoms with van der Waals surface area (Å²) in [5.41, 5.74) is 0.508. The first-order valence-electron chi connectivity index (χ1n) is 9.83. The van der Waals surface area contributed by atoms with Gasteiger partial charge in [-0.1, -0.05) is 25.3 Å². The Kier molecular flexibility index (Phi) is 9.48. The Morgan fingerprint density at radius 3 is 2.53 bits per heavy atom. The zero-order chi connectivity index (χ0) is 23.7. The third kappa shape index (κ3) is 6.44. The van der Waals surface area contributed by atoms with Gasteiger partial charge in [0.15, 0.2) is 5.12 Å². The molecule has 9 nitrogen and oxygen atoms in total. The standard InChI is InChI=1S/C22H26N2O7S/c1-4-8-30-20(26)15-11-14(6-7-17(15)29-3)24-19(25)16-10-13(12-23-16)18(22(28)32)21(27)31-9-5-2/h4-7,11,13,16,18,23H,1-2,8-10,12H2,3H3,(H,24,25)(H,28,32)/t13-,16+,18?/m1/s1. The fraction of sp³-hybridized carbons (Fsp3) is 0.364. The molecule has 2 N–H and O–H groups in total. The fourth-order valence-electron chi connectivity index (χ4n) is 3.33. The molecule has 1 aromatic rings. The predicted octanol–water partition coefficient (Wildman–Crippen LogP) is 1.76. The van der Waals surface area contributed by atoms with Gasteiger partial charge in [-0.2, -0.15) is 0 Å². The number of carbonyl (C=O) groups excluding carboxylic acids is 4. The maximum atomic E-state index is 12.7. The number of anilines is 1. The van der Waals surface area contributed by atoms with Crippen molar-refractivity contribution in [2.45, 2.75) is 12.5 Å². The van der Waals surface area contributed by atoms with E-state index in [9.17, 15) is 19.2 Å². The number of methoxy groups -OCH3 is 1. The summed E-state index contributed by atoms with van der Waals surface area (Å²) in [6.07, 6.45) is 3.07. The van der Waals surface area contributed by atoms with Gasteiger partial charge in [0.1, 0.15) is 30.4 Å². The third-order valence-corrected chi connectivity index (χ3v) is 5.11.